The van der Waals surface area contributed by atoms with E-state index in [9.17, 15) is 5.11 Å². The van der Waals surface area contributed by atoms with Crippen molar-refractivity contribution in [2.75, 3.05) is 0 Å². The predicted octanol–water partition coefficient (Wildman–Crippen LogP) is 3.90. The van der Waals surface area contributed by atoms with Crippen LogP contribution >= 0.6 is 11.3 Å². The van der Waals surface area contributed by atoms with Gasteiger partial charge in [-0.25, -0.2) is 0 Å². The molecule has 0 amide bonds. The molecule has 0 saturated heterocycles. The number of thiophene rings is 1. The highest BCUT2D eigenvalue weighted by atomic mass is 32.1. The van der Waals surface area contributed by atoms with Crippen molar-refractivity contribution in [1.82, 2.24) is 0 Å². The number of aliphatic hydroxyl groups is 1. The van der Waals surface area contributed by atoms with Crippen LogP contribution in [-0.4, -0.2) is 5.11 Å². The van der Waals surface area contributed by atoms with Gasteiger partial charge in [-0.05, 0) is 46.4 Å². The maximum atomic E-state index is 10.2. The Kier molecular flexibility index (Phi) is 3.97. The summed E-state index contributed by atoms with van der Waals surface area (Å²) in [5, 5.41) is 14.3. The molecule has 0 aliphatic carbocycles. The molecular formula is C15H18OS. The molecule has 0 spiro atoms. The molecule has 1 heterocycles. The highest BCUT2D eigenvalue weighted by Crippen LogP contribution is 2.24. The first kappa shape index (κ1) is 12.3. The summed E-state index contributed by atoms with van der Waals surface area (Å²) in [5.41, 5.74) is 4.79. The van der Waals surface area contributed by atoms with Crippen molar-refractivity contribution in [3.05, 3.63) is 57.3 Å². The second-order valence-electron chi connectivity index (χ2n) is 4.40. The van der Waals surface area contributed by atoms with E-state index in [4.69, 9.17) is 0 Å². The number of benzene rings is 1. The van der Waals surface area contributed by atoms with Crippen LogP contribution in [0.5, 0.6) is 0 Å². The van der Waals surface area contributed by atoms with E-state index in [1.807, 2.05) is 5.38 Å². The van der Waals surface area contributed by atoms with Gasteiger partial charge in [0, 0.05) is 6.42 Å². The van der Waals surface area contributed by atoms with Gasteiger partial charge in [-0.15, -0.1) is 0 Å². The van der Waals surface area contributed by atoms with Gasteiger partial charge in [0.25, 0.3) is 0 Å². The van der Waals surface area contributed by atoms with Gasteiger partial charge in [-0.3, -0.25) is 0 Å². The van der Waals surface area contributed by atoms with Crippen molar-refractivity contribution >= 4 is 11.3 Å². The maximum Gasteiger partial charge on any atom is 0.0840 e. The van der Waals surface area contributed by atoms with E-state index in [0.29, 0.717) is 6.42 Å². The predicted molar refractivity (Wildman–Crippen MR) is 73.5 cm³/mol. The van der Waals surface area contributed by atoms with E-state index in [1.54, 1.807) is 11.3 Å². The van der Waals surface area contributed by atoms with E-state index in [2.05, 4.69) is 43.5 Å². The molecule has 2 aromatic rings. The minimum absolute atomic E-state index is 0.381. The number of aliphatic hydroxyl groups excluding tert-OH is 1. The number of hydrogen-bond donors (Lipinski definition) is 1. The van der Waals surface area contributed by atoms with E-state index < -0.39 is 0 Å². The van der Waals surface area contributed by atoms with Gasteiger partial charge in [-0.2, -0.15) is 11.3 Å². The highest BCUT2D eigenvalue weighted by molar-refractivity contribution is 7.08. The van der Waals surface area contributed by atoms with E-state index >= 15 is 0 Å². The highest BCUT2D eigenvalue weighted by Gasteiger charge is 2.11. The van der Waals surface area contributed by atoms with Crippen LogP contribution in [0.3, 0.4) is 0 Å². The SMILES string of the molecule is CCc1ccc(CC(O)c2cscc2C)cc1. The van der Waals surface area contributed by atoms with E-state index in [-0.39, 0.29) is 6.10 Å². The van der Waals surface area contributed by atoms with Crippen LogP contribution in [0.1, 0.15) is 35.3 Å². The lowest BCUT2D eigenvalue weighted by Gasteiger charge is -2.11. The molecule has 1 nitrogen and oxygen atoms in total. The van der Waals surface area contributed by atoms with Crippen molar-refractivity contribution < 1.29 is 5.11 Å². The standard InChI is InChI=1S/C15H18OS/c1-3-12-4-6-13(7-5-12)8-15(16)14-10-17-9-11(14)2/h4-7,9-10,15-16H,3,8H2,1-2H3. The van der Waals surface area contributed by atoms with Gasteiger partial charge < -0.3 is 5.11 Å². The zero-order valence-corrected chi connectivity index (χ0v) is 11.1. The maximum absolute atomic E-state index is 10.2. The number of hydrogen-bond acceptors (Lipinski definition) is 2. The first-order valence-electron chi connectivity index (χ1n) is 5.99. The summed E-state index contributed by atoms with van der Waals surface area (Å²) in [5.74, 6) is 0. The van der Waals surface area contributed by atoms with Crippen molar-refractivity contribution in [3.8, 4) is 0 Å². The third-order valence-corrected chi connectivity index (χ3v) is 3.99. The summed E-state index contributed by atoms with van der Waals surface area (Å²) in [7, 11) is 0. The molecule has 1 unspecified atom stereocenters. The smallest absolute Gasteiger partial charge is 0.0840 e. The average molecular weight is 246 g/mol. The summed E-state index contributed by atoms with van der Waals surface area (Å²) in [4.78, 5) is 0. The molecule has 0 aliphatic heterocycles. The Morgan fingerprint density at radius 1 is 1.12 bits per heavy atom. The summed E-state index contributed by atoms with van der Waals surface area (Å²) >= 11 is 1.65. The molecule has 0 saturated carbocycles. The van der Waals surface area contributed by atoms with E-state index in [1.165, 1.54) is 16.7 Å². The van der Waals surface area contributed by atoms with Crippen LogP contribution in [0.2, 0.25) is 0 Å². The summed E-state index contributed by atoms with van der Waals surface area (Å²) in [6.45, 7) is 4.20. The summed E-state index contributed by atoms with van der Waals surface area (Å²) < 4.78 is 0. The summed E-state index contributed by atoms with van der Waals surface area (Å²) in [6, 6.07) is 8.51. The lowest BCUT2D eigenvalue weighted by Crippen LogP contribution is -2.02. The Balaban J connectivity index is 2.07. The van der Waals surface area contributed by atoms with Crippen LogP contribution in [0.4, 0.5) is 0 Å². The molecular weight excluding hydrogens is 228 g/mol. The topological polar surface area (TPSA) is 20.2 Å². The van der Waals surface area contributed by atoms with Gasteiger partial charge >= 0.3 is 0 Å². The molecule has 0 fully saturated rings. The third-order valence-electron chi connectivity index (χ3n) is 3.11. The first-order chi connectivity index (χ1) is 8.20. The molecule has 17 heavy (non-hydrogen) atoms. The van der Waals surface area contributed by atoms with Gasteiger partial charge in [0.2, 0.25) is 0 Å². The molecule has 0 aliphatic rings. The van der Waals surface area contributed by atoms with E-state index in [0.717, 1.165) is 12.0 Å². The molecule has 90 valence electrons. The lowest BCUT2D eigenvalue weighted by molar-refractivity contribution is 0.178. The molecule has 1 aromatic heterocycles. The second kappa shape index (κ2) is 5.48. The largest absolute Gasteiger partial charge is 0.388 e. The summed E-state index contributed by atoms with van der Waals surface area (Å²) in [6.07, 6.45) is 1.38. The fourth-order valence-electron chi connectivity index (χ4n) is 1.96. The van der Waals surface area contributed by atoms with Gasteiger partial charge in [0.05, 0.1) is 6.10 Å². The Morgan fingerprint density at radius 3 is 2.29 bits per heavy atom. The van der Waals surface area contributed by atoms with Crippen molar-refractivity contribution in [2.45, 2.75) is 32.8 Å². The van der Waals surface area contributed by atoms with Crippen LogP contribution in [0.25, 0.3) is 0 Å². The minimum atomic E-state index is -0.381. The van der Waals surface area contributed by atoms with Crippen LogP contribution < -0.4 is 0 Å². The first-order valence-corrected chi connectivity index (χ1v) is 6.93. The molecule has 0 bridgehead atoms. The molecule has 2 heteroatoms. The Labute approximate surface area is 107 Å². The zero-order chi connectivity index (χ0) is 12.3. The number of rotatable bonds is 4. The minimum Gasteiger partial charge on any atom is -0.388 e. The monoisotopic (exact) mass is 246 g/mol. The van der Waals surface area contributed by atoms with Gasteiger partial charge in [0.1, 0.15) is 0 Å². The quantitative estimate of drug-likeness (QED) is 0.867. The van der Waals surface area contributed by atoms with Crippen LogP contribution in [-0.2, 0) is 12.8 Å². The molecule has 2 rings (SSSR count). The zero-order valence-electron chi connectivity index (χ0n) is 10.3. The Hall–Kier alpha value is -1.12. The second-order valence-corrected chi connectivity index (χ2v) is 5.14. The lowest BCUT2D eigenvalue weighted by atomic mass is 10.00. The fraction of sp³-hybridized carbons (Fsp3) is 0.333. The van der Waals surface area contributed by atoms with Crippen LogP contribution in [0.15, 0.2) is 35.0 Å². The normalized spacial score (nSPS) is 12.6. The fourth-order valence-corrected chi connectivity index (χ4v) is 2.85. The van der Waals surface area contributed by atoms with Crippen molar-refractivity contribution in [2.24, 2.45) is 0 Å². The third kappa shape index (κ3) is 2.96. The molecule has 0 radical (unpaired) electrons. The van der Waals surface area contributed by atoms with Gasteiger partial charge in [0.15, 0.2) is 0 Å². The van der Waals surface area contributed by atoms with Gasteiger partial charge in [-0.1, -0.05) is 31.2 Å². The van der Waals surface area contributed by atoms with Crippen LogP contribution in [0, 0.1) is 6.92 Å². The number of aryl methyl sites for hydroxylation is 2. The molecule has 1 N–H and O–H groups in total. The van der Waals surface area contributed by atoms with Crippen molar-refractivity contribution in [1.29, 1.82) is 0 Å². The Bertz CT molecular complexity index is 470. The molecule has 1 aromatic carbocycles. The Morgan fingerprint density at radius 2 is 1.76 bits per heavy atom. The molecule has 1 atom stereocenters. The average Bonchev–Trinajstić information content (AvgIpc) is 2.76. The van der Waals surface area contributed by atoms with Crippen molar-refractivity contribution in [3.63, 3.8) is 0 Å².